The highest BCUT2D eigenvalue weighted by atomic mass is 35.5. The van der Waals surface area contributed by atoms with Gasteiger partial charge in [0.25, 0.3) is 0 Å². The highest BCUT2D eigenvalue weighted by Crippen LogP contribution is 2.33. The monoisotopic (exact) mass is 399 g/mol. The van der Waals surface area contributed by atoms with Crippen LogP contribution in [0.25, 0.3) is 0 Å². The van der Waals surface area contributed by atoms with Crippen LogP contribution < -0.4 is 5.73 Å². The summed E-state index contributed by atoms with van der Waals surface area (Å²) in [5.74, 6) is 0.207. The maximum absolute atomic E-state index is 12.9. The number of likely N-dealkylation sites (tertiary alicyclic amines) is 1. The Hall–Kier alpha value is -0.110. The van der Waals surface area contributed by atoms with E-state index >= 15 is 0 Å². The van der Waals surface area contributed by atoms with Crippen molar-refractivity contribution in [1.29, 1.82) is 0 Å². The van der Waals surface area contributed by atoms with Crippen molar-refractivity contribution in [3.05, 3.63) is 0 Å². The van der Waals surface area contributed by atoms with E-state index in [0.29, 0.717) is 26.3 Å². The van der Waals surface area contributed by atoms with E-state index in [-0.39, 0.29) is 36.8 Å². The molecule has 0 bridgehead atoms. The smallest absolute Gasteiger partial charge is 0.230 e. The van der Waals surface area contributed by atoms with Crippen LogP contribution in [0.15, 0.2) is 0 Å². The van der Waals surface area contributed by atoms with Crippen molar-refractivity contribution in [3.8, 4) is 0 Å². The Morgan fingerprint density at radius 3 is 2.48 bits per heavy atom. The lowest BCUT2D eigenvalue weighted by atomic mass is 9.79. The molecule has 2 fully saturated rings. The van der Waals surface area contributed by atoms with Crippen molar-refractivity contribution in [2.75, 3.05) is 59.1 Å². The van der Waals surface area contributed by atoms with Crippen molar-refractivity contribution >= 4 is 30.7 Å². The Morgan fingerprint density at radius 2 is 1.92 bits per heavy atom. The summed E-state index contributed by atoms with van der Waals surface area (Å²) in [5, 5.41) is 0. The molecule has 2 aliphatic rings. The molecule has 0 aromatic carbocycles. The van der Waals surface area contributed by atoms with Crippen molar-refractivity contribution in [1.82, 2.24) is 9.80 Å². The molecule has 2 heterocycles. The molecule has 0 saturated carbocycles. The van der Waals surface area contributed by atoms with Gasteiger partial charge in [-0.2, -0.15) is 0 Å². The fraction of sp³-hybridized carbons (Fsp3) is 0.941. The normalized spacial score (nSPS) is 22.4. The van der Waals surface area contributed by atoms with Gasteiger partial charge < -0.3 is 25.0 Å². The van der Waals surface area contributed by atoms with Gasteiger partial charge in [0.2, 0.25) is 5.91 Å². The van der Waals surface area contributed by atoms with E-state index in [0.717, 1.165) is 52.0 Å². The number of carbonyl (C=O) groups excluding carboxylic acids is 1. The Morgan fingerprint density at radius 1 is 1.28 bits per heavy atom. The molecule has 0 spiro atoms. The van der Waals surface area contributed by atoms with Crippen molar-refractivity contribution in [2.24, 2.45) is 11.1 Å². The summed E-state index contributed by atoms with van der Waals surface area (Å²) in [6.45, 7) is 11.3. The minimum Gasteiger partial charge on any atom is -0.381 e. The molecule has 2 N–H and O–H groups in total. The zero-order valence-electron chi connectivity index (χ0n) is 15.6. The number of ether oxygens (including phenoxy) is 2. The van der Waals surface area contributed by atoms with E-state index in [9.17, 15) is 4.79 Å². The van der Waals surface area contributed by atoms with Crippen molar-refractivity contribution < 1.29 is 14.3 Å². The molecule has 2 rings (SSSR count). The molecule has 8 heteroatoms. The molecular weight excluding hydrogens is 365 g/mol. The molecule has 0 radical (unpaired) electrons. The number of carbonyl (C=O) groups is 1. The minimum atomic E-state index is -0.408. The molecule has 25 heavy (non-hydrogen) atoms. The molecule has 1 unspecified atom stereocenters. The first-order valence-corrected chi connectivity index (χ1v) is 9.06. The molecule has 1 amide bonds. The molecule has 0 aromatic rings. The highest BCUT2D eigenvalue weighted by Gasteiger charge is 2.43. The standard InChI is InChI=1S/C17H33N3O3.2ClH/c1-3-19(4-2)9-12-23-15-5-8-20(13-15)16(21)17(14-18)6-10-22-11-7-17;;/h15H,3-14,18H2,1-2H3;2*1H. The predicted octanol–water partition coefficient (Wildman–Crippen LogP) is 1.54. The number of nitrogens with zero attached hydrogens (tertiary/aromatic N) is 2. The lowest BCUT2D eigenvalue weighted by Crippen LogP contribution is -2.50. The summed E-state index contributed by atoms with van der Waals surface area (Å²) in [7, 11) is 0. The van der Waals surface area contributed by atoms with Crippen LogP contribution in [-0.4, -0.2) is 80.9 Å². The second-order valence-corrected chi connectivity index (χ2v) is 6.66. The lowest BCUT2D eigenvalue weighted by molar-refractivity contribution is -0.146. The Kier molecular flexibility index (Phi) is 12.3. The van der Waals surface area contributed by atoms with E-state index in [1.807, 2.05) is 4.90 Å². The number of amides is 1. The zero-order valence-corrected chi connectivity index (χ0v) is 17.2. The summed E-state index contributed by atoms with van der Waals surface area (Å²) in [4.78, 5) is 17.2. The quantitative estimate of drug-likeness (QED) is 0.670. The summed E-state index contributed by atoms with van der Waals surface area (Å²) in [6.07, 6.45) is 2.59. The van der Waals surface area contributed by atoms with Gasteiger partial charge in [-0.05, 0) is 32.4 Å². The van der Waals surface area contributed by atoms with Crippen LogP contribution in [-0.2, 0) is 14.3 Å². The molecule has 0 aromatic heterocycles. The predicted molar refractivity (Wildman–Crippen MR) is 105 cm³/mol. The number of hydrogen-bond acceptors (Lipinski definition) is 5. The molecule has 0 aliphatic carbocycles. The first-order chi connectivity index (χ1) is 11.1. The third-order valence-electron chi connectivity index (χ3n) is 5.38. The molecule has 6 nitrogen and oxygen atoms in total. The van der Waals surface area contributed by atoms with Gasteiger partial charge in [-0.1, -0.05) is 13.8 Å². The van der Waals surface area contributed by atoms with Gasteiger partial charge >= 0.3 is 0 Å². The third kappa shape index (κ3) is 6.52. The molecule has 2 aliphatic heterocycles. The molecule has 2 saturated heterocycles. The van der Waals surface area contributed by atoms with Crippen LogP contribution in [0.2, 0.25) is 0 Å². The maximum Gasteiger partial charge on any atom is 0.230 e. The first kappa shape index (κ1) is 24.9. The van der Waals surface area contributed by atoms with Crippen LogP contribution >= 0.6 is 24.8 Å². The van der Waals surface area contributed by atoms with E-state index in [2.05, 4.69) is 18.7 Å². The Balaban J connectivity index is 0.00000288. The summed E-state index contributed by atoms with van der Waals surface area (Å²) in [5.41, 5.74) is 5.54. The Bertz CT molecular complexity index is 378. The van der Waals surface area contributed by atoms with Crippen LogP contribution in [0.3, 0.4) is 0 Å². The van der Waals surface area contributed by atoms with Gasteiger partial charge in [0.15, 0.2) is 0 Å². The average Bonchev–Trinajstić information content (AvgIpc) is 3.07. The Labute approximate surface area is 164 Å². The minimum absolute atomic E-state index is 0. The number of rotatable bonds is 8. The fourth-order valence-electron chi connectivity index (χ4n) is 3.54. The fourth-order valence-corrected chi connectivity index (χ4v) is 3.54. The van der Waals surface area contributed by atoms with Gasteiger partial charge in [-0.25, -0.2) is 0 Å². The lowest BCUT2D eigenvalue weighted by Gasteiger charge is -2.37. The van der Waals surface area contributed by atoms with E-state index in [4.69, 9.17) is 15.2 Å². The zero-order chi connectivity index (χ0) is 16.7. The maximum atomic E-state index is 12.9. The second-order valence-electron chi connectivity index (χ2n) is 6.66. The molecular formula is C17H35Cl2N3O3. The second kappa shape index (κ2) is 12.3. The van der Waals surface area contributed by atoms with Crippen LogP contribution in [0.1, 0.15) is 33.1 Å². The van der Waals surface area contributed by atoms with E-state index in [1.165, 1.54) is 0 Å². The van der Waals surface area contributed by atoms with Gasteiger partial charge in [0.05, 0.1) is 18.1 Å². The molecule has 1 atom stereocenters. The summed E-state index contributed by atoms with van der Waals surface area (Å²) < 4.78 is 11.4. The number of likely N-dealkylation sites (N-methyl/N-ethyl adjacent to an activating group) is 1. The molecule has 150 valence electrons. The van der Waals surface area contributed by atoms with Gasteiger partial charge in [-0.3, -0.25) is 4.79 Å². The van der Waals surface area contributed by atoms with Crippen molar-refractivity contribution in [2.45, 2.75) is 39.2 Å². The number of nitrogens with two attached hydrogens (primary N) is 1. The SMILES string of the molecule is CCN(CC)CCOC1CCN(C(=O)C2(CN)CCOCC2)C1.Cl.Cl. The number of hydrogen-bond donors (Lipinski definition) is 1. The van der Waals surface area contributed by atoms with Crippen molar-refractivity contribution in [3.63, 3.8) is 0 Å². The number of halogens is 2. The van der Waals surface area contributed by atoms with E-state index in [1.54, 1.807) is 0 Å². The highest BCUT2D eigenvalue weighted by molar-refractivity contribution is 5.85. The third-order valence-corrected chi connectivity index (χ3v) is 5.38. The summed E-state index contributed by atoms with van der Waals surface area (Å²) >= 11 is 0. The largest absolute Gasteiger partial charge is 0.381 e. The van der Waals surface area contributed by atoms with Gasteiger partial charge in [0, 0.05) is 39.4 Å². The topological polar surface area (TPSA) is 68.0 Å². The van der Waals surface area contributed by atoms with Crippen LogP contribution in [0, 0.1) is 5.41 Å². The first-order valence-electron chi connectivity index (χ1n) is 9.06. The average molecular weight is 400 g/mol. The van der Waals surface area contributed by atoms with Gasteiger partial charge in [0.1, 0.15) is 0 Å². The van der Waals surface area contributed by atoms with E-state index < -0.39 is 5.41 Å². The summed E-state index contributed by atoms with van der Waals surface area (Å²) in [6, 6.07) is 0. The van der Waals surface area contributed by atoms with Crippen LogP contribution in [0.4, 0.5) is 0 Å². The van der Waals surface area contributed by atoms with Gasteiger partial charge in [-0.15, -0.1) is 24.8 Å². The van der Waals surface area contributed by atoms with Crippen LogP contribution in [0.5, 0.6) is 0 Å².